The molecule has 9 nitrogen and oxygen atoms in total. The minimum absolute atomic E-state index is 0.331. The Labute approximate surface area is 195 Å². The second-order valence-electron chi connectivity index (χ2n) is 8.31. The quantitative estimate of drug-likeness (QED) is 0.591. The monoisotopic (exact) mass is 523 g/mol. The van der Waals surface area contributed by atoms with Crippen LogP contribution in [0.15, 0.2) is 34.2 Å². The summed E-state index contributed by atoms with van der Waals surface area (Å²) in [4.78, 5) is 9.55. The van der Waals surface area contributed by atoms with Gasteiger partial charge in [0, 0.05) is 18.3 Å². The summed E-state index contributed by atoms with van der Waals surface area (Å²) in [6, 6.07) is 0.788. The number of aromatic nitrogens is 2. The van der Waals surface area contributed by atoms with Gasteiger partial charge < -0.3 is 5.11 Å². The molecule has 0 fully saturated rings. The fraction of sp³-hybridized carbons (Fsp3) is 0.500. The molecule has 1 aromatic heterocycles. The Balaban J connectivity index is 2.11. The third-order valence-electron chi connectivity index (χ3n) is 5.79. The van der Waals surface area contributed by atoms with Crippen molar-refractivity contribution in [1.82, 2.24) is 14.1 Å². The Morgan fingerprint density at radius 1 is 1.21 bits per heavy atom. The number of rotatable bonds is 7. The molecule has 1 aromatic carbocycles. The van der Waals surface area contributed by atoms with Gasteiger partial charge in [-0.3, -0.25) is 9.48 Å². The molecule has 1 aliphatic rings. The Kier molecular flexibility index (Phi) is 6.90. The molecule has 1 heterocycles. The van der Waals surface area contributed by atoms with E-state index in [0.717, 1.165) is 10.4 Å². The van der Waals surface area contributed by atoms with E-state index in [1.165, 1.54) is 31.8 Å². The predicted molar refractivity (Wildman–Crippen MR) is 114 cm³/mol. The number of carboxylic acid groups (broad SMARTS) is 1. The molecule has 1 unspecified atom stereocenters. The smallest absolute Gasteiger partial charge is 0.416 e. The Bertz CT molecular complexity index is 1320. The van der Waals surface area contributed by atoms with E-state index in [1.807, 2.05) is 0 Å². The summed E-state index contributed by atoms with van der Waals surface area (Å²) in [5.41, 5.74) is -0.395. The van der Waals surface area contributed by atoms with Crippen molar-refractivity contribution < 1.29 is 39.9 Å². The summed E-state index contributed by atoms with van der Waals surface area (Å²) in [6.07, 6.45) is -2.32. The summed E-state index contributed by atoms with van der Waals surface area (Å²) >= 11 is 0. The molecule has 0 aliphatic heterocycles. The number of alkyl halides is 3. The fourth-order valence-electron chi connectivity index (χ4n) is 3.89. The number of halogens is 3. The van der Waals surface area contributed by atoms with Gasteiger partial charge >= 0.3 is 12.1 Å². The van der Waals surface area contributed by atoms with Gasteiger partial charge in [0.25, 0.3) is 0 Å². The first-order chi connectivity index (χ1) is 15.6. The molecule has 14 heteroatoms. The van der Waals surface area contributed by atoms with E-state index in [1.54, 1.807) is 0 Å². The molecule has 188 valence electrons. The van der Waals surface area contributed by atoms with E-state index in [0.29, 0.717) is 42.7 Å². The maximum absolute atomic E-state index is 13.5. The van der Waals surface area contributed by atoms with Crippen LogP contribution in [-0.2, 0) is 43.8 Å². The Morgan fingerprint density at radius 2 is 1.82 bits per heavy atom. The van der Waals surface area contributed by atoms with Gasteiger partial charge in [0.1, 0.15) is 6.54 Å². The van der Waals surface area contributed by atoms with Crippen molar-refractivity contribution in [1.29, 1.82) is 0 Å². The summed E-state index contributed by atoms with van der Waals surface area (Å²) in [5.74, 6) is -1.13. The van der Waals surface area contributed by atoms with Gasteiger partial charge in [0.15, 0.2) is 9.84 Å². The third kappa shape index (κ3) is 4.84. The van der Waals surface area contributed by atoms with Crippen LogP contribution >= 0.6 is 0 Å². The summed E-state index contributed by atoms with van der Waals surface area (Å²) in [7, 11) is -7.58. The standard InChI is InChI=1S/C20H24F3N3O6S2/c1-12(2)33(29,30)14-7-13(20(21,22)23)8-15(9-14)34(31,32)25(3)17-5-4-6-18-16(17)10-24-26(18)11-19(27)28/h7-10,12,17H,4-6,11H2,1-3H3,(H,27,28). The number of aliphatic carboxylic acids is 1. The molecule has 34 heavy (non-hydrogen) atoms. The molecule has 2 aromatic rings. The lowest BCUT2D eigenvalue weighted by Crippen LogP contribution is -2.34. The fourth-order valence-corrected chi connectivity index (χ4v) is 6.53. The number of carboxylic acids is 1. The zero-order valence-corrected chi connectivity index (χ0v) is 20.2. The van der Waals surface area contributed by atoms with Gasteiger partial charge in [-0.05, 0) is 51.3 Å². The van der Waals surface area contributed by atoms with Crippen molar-refractivity contribution in [2.75, 3.05) is 7.05 Å². The van der Waals surface area contributed by atoms with Crippen LogP contribution in [0, 0.1) is 0 Å². The first kappa shape index (κ1) is 26.2. The number of nitrogens with zero attached hydrogens (tertiary/aromatic N) is 3. The lowest BCUT2D eigenvalue weighted by atomic mass is 9.93. The third-order valence-corrected chi connectivity index (χ3v) is 9.77. The van der Waals surface area contributed by atoms with Crippen molar-refractivity contribution in [3.05, 3.63) is 41.2 Å². The van der Waals surface area contributed by atoms with Crippen LogP contribution in [0.25, 0.3) is 0 Å². The second kappa shape index (κ2) is 8.96. The molecular formula is C20H24F3N3O6S2. The van der Waals surface area contributed by atoms with Crippen molar-refractivity contribution in [3.8, 4) is 0 Å². The zero-order chi connectivity index (χ0) is 25.6. The minimum atomic E-state index is -4.97. The highest BCUT2D eigenvalue weighted by Crippen LogP contribution is 2.39. The lowest BCUT2D eigenvalue weighted by molar-refractivity contribution is -0.138. The molecule has 1 aliphatic carbocycles. The van der Waals surface area contributed by atoms with Crippen LogP contribution in [0.1, 0.15) is 49.6 Å². The normalized spacial score (nSPS) is 17.2. The van der Waals surface area contributed by atoms with Crippen molar-refractivity contribution in [2.45, 2.75) is 66.9 Å². The van der Waals surface area contributed by atoms with Gasteiger partial charge in [0.05, 0.1) is 32.8 Å². The number of sulfone groups is 1. The van der Waals surface area contributed by atoms with Crippen molar-refractivity contribution >= 4 is 25.8 Å². The van der Waals surface area contributed by atoms with Gasteiger partial charge in [0.2, 0.25) is 10.0 Å². The highest BCUT2D eigenvalue weighted by atomic mass is 32.2. The van der Waals surface area contributed by atoms with Gasteiger partial charge in [-0.2, -0.15) is 22.6 Å². The molecule has 1 atom stereocenters. The van der Waals surface area contributed by atoms with E-state index < -0.39 is 65.2 Å². The summed E-state index contributed by atoms with van der Waals surface area (Å²) < 4.78 is 94.7. The average Bonchev–Trinajstić information content (AvgIpc) is 3.14. The first-order valence-electron chi connectivity index (χ1n) is 10.3. The number of benzene rings is 1. The summed E-state index contributed by atoms with van der Waals surface area (Å²) in [6.45, 7) is 2.16. The molecule has 1 N–H and O–H groups in total. The van der Waals surface area contributed by atoms with E-state index in [-0.39, 0.29) is 0 Å². The van der Waals surface area contributed by atoms with Crippen LogP contribution < -0.4 is 0 Å². The van der Waals surface area contributed by atoms with Crippen LogP contribution in [-0.4, -0.2) is 54.3 Å². The zero-order valence-electron chi connectivity index (χ0n) is 18.6. The molecule has 0 spiro atoms. The molecule has 0 radical (unpaired) electrons. The van der Waals surface area contributed by atoms with Crippen LogP contribution in [0.2, 0.25) is 0 Å². The maximum Gasteiger partial charge on any atom is 0.416 e. The molecule has 0 bridgehead atoms. The van der Waals surface area contributed by atoms with Gasteiger partial charge in [-0.15, -0.1) is 0 Å². The Hall–Kier alpha value is -2.45. The average molecular weight is 524 g/mol. The SMILES string of the molecule is CC(C)S(=O)(=O)c1cc(C(F)(F)F)cc(S(=O)(=O)N(C)C2CCCc3c2cnn3CC(=O)O)c1. The molecule has 0 saturated heterocycles. The number of sulfonamides is 1. The molecule has 0 amide bonds. The molecular weight excluding hydrogens is 499 g/mol. The van der Waals surface area contributed by atoms with E-state index in [4.69, 9.17) is 5.11 Å². The maximum atomic E-state index is 13.5. The van der Waals surface area contributed by atoms with Crippen molar-refractivity contribution in [2.24, 2.45) is 0 Å². The highest BCUT2D eigenvalue weighted by molar-refractivity contribution is 7.92. The number of fused-ring (bicyclic) bond motifs is 1. The molecule has 0 saturated carbocycles. The van der Waals surface area contributed by atoms with Crippen LogP contribution in [0.3, 0.4) is 0 Å². The van der Waals surface area contributed by atoms with E-state index >= 15 is 0 Å². The predicted octanol–water partition coefficient (Wildman–Crippen LogP) is 2.87. The minimum Gasteiger partial charge on any atom is -0.480 e. The number of hydrogen-bond acceptors (Lipinski definition) is 6. The number of hydrogen-bond donors (Lipinski definition) is 1. The lowest BCUT2D eigenvalue weighted by Gasteiger charge is -2.31. The van der Waals surface area contributed by atoms with Crippen LogP contribution in [0.4, 0.5) is 13.2 Å². The summed E-state index contributed by atoms with van der Waals surface area (Å²) in [5, 5.41) is 12.0. The van der Waals surface area contributed by atoms with Gasteiger partial charge in [-0.25, -0.2) is 16.8 Å². The van der Waals surface area contributed by atoms with Crippen LogP contribution in [0.5, 0.6) is 0 Å². The van der Waals surface area contributed by atoms with Crippen molar-refractivity contribution in [3.63, 3.8) is 0 Å². The first-order valence-corrected chi connectivity index (χ1v) is 13.3. The largest absolute Gasteiger partial charge is 0.480 e. The second-order valence-corrected chi connectivity index (χ2v) is 12.8. The highest BCUT2D eigenvalue weighted by Gasteiger charge is 2.38. The number of carbonyl (C=O) groups is 1. The molecule has 3 rings (SSSR count). The topological polar surface area (TPSA) is 127 Å². The van der Waals surface area contributed by atoms with E-state index in [9.17, 15) is 34.8 Å². The van der Waals surface area contributed by atoms with Gasteiger partial charge in [-0.1, -0.05) is 0 Å². The Morgan fingerprint density at radius 3 is 2.38 bits per heavy atom. The van der Waals surface area contributed by atoms with E-state index in [2.05, 4.69) is 5.10 Å².